The van der Waals surface area contributed by atoms with Crippen LogP contribution in [0, 0.1) is 0 Å². The van der Waals surface area contributed by atoms with E-state index in [0.29, 0.717) is 28.9 Å². The van der Waals surface area contributed by atoms with Gasteiger partial charge in [0.15, 0.2) is 5.78 Å². The summed E-state index contributed by atoms with van der Waals surface area (Å²) in [6, 6.07) is 6.78. The van der Waals surface area contributed by atoms with E-state index in [1.54, 1.807) is 36.7 Å². The number of carboxylic acid groups (broad SMARTS) is 1. The minimum absolute atomic E-state index is 0.0202. The molecule has 4 aromatic rings. The second-order valence-corrected chi connectivity index (χ2v) is 12.0. The molecule has 41 heavy (non-hydrogen) atoms. The molecule has 0 spiro atoms. The number of hydrogen-bond acceptors (Lipinski definition) is 9. The van der Waals surface area contributed by atoms with Crippen molar-refractivity contribution < 1.29 is 24.2 Å². The van der Waals surface area contributed by atoms with Crippen LogP contribution < -0.4 is 4.74 Å². The summed E-state index contributed by atoms with van der Waals surface area (Å²) in [6.07, 6.45) is 6.37. The van der Waals surface area contributed by atoms with Crippen molar-refractivity contribution in [3.63, 3.8) is 0 Å². The average molecular weight is 596 g/mol. The molecular weight excluding hydrogens is 566 g/mol. The van der Waals surface area contributed by atoms with Crippen molar-refractivity contribution in [1.82, 2.24) is 24.4 Å². The lowest BCUT2D eigenvalue weighted by Gasteiger charge is -2.32. The molecular formula is C29H30ClN5O5S. The number of Topliss-reactive ketones (excluding diaryl/α,β-unsaturated/α-hetero) is 1. The zero-order valence-corrected chi connectivity index (χ0v) is 24.2. The summed E-state index contributed by atoms with van der Waals surface area (Å²) in [5, 5.41) is 10.0. The van der Waals surface area contributed by atoms with Gasteiger partial charge in [-0.3, -0.25) is 14.7 Å². The highest BCUT2D eigenvalue weighted by Gasteiger charge is 2.26. The maximum atomic E-state index is 11.6. The maximum absolute atomic E-state index is 11.6. The van der Waals surface area contributed by atoms with Crippen LogP contribution >= 0.6 is 22.9 Å². The Kier molecular flexibility index (Phi) is 8.03. The van der Waals surface area contributed by atoms with Crippen molar-refractivity contribution in [1.29, 1.82) is 0 Å². The van der Waals surface area contributed by atoms with Crippen LogP contribution in [0.4, 0.5) is 0 Å². The second-order valence-electron chi connectivity index (χ2n) is 10.5. The van der Waals surface area contributed by atoms with Gasteiger partial charge in [-0.15, -0.1) is 11.3 Å². The Bertz CT molecular complexity index is 1590. The summed E-state index contributed by atoms with van der Waals surface area (Å²) < 4.78 is 13.7. The van der Waals surface area contributed by atoms with E-state index in [1.807, 2.05) is 0 Å². The van der Waals surface area contributed by atoms with Crippen molar-refractivity contribution in [2.45, 2.75) is 57.9 Å². The first-order valence-corrected chi connectivity index (χ1v) is 14.8. The van der Waals surface area contributed by atoms with Crippen LogP contribution in [0.25, 0.3) is 11.0 Å². The van der Waals surface area contributed by atoms with E-state index in [9.17, 15) is 14.7 Å². The number of likely N-dealkylation sites (tertiary alicyclic amines) is 1. The molecule has 1 aromatic carbocycles. The molecule has 1 atom stereocenters. The Balaban J connectivity index is 1.10. The summed E-state index contributed by atoms with van der Waals surface area (Å²) in [5.41, 5.74) is 2.79. The third kappa shape index (κ3) is 6.13. The number of aromatic nitrogens is 4. The number of carbonyl (C=O) groups is 2. The fourth-order valence-electron chi connectivity index (χ4n) is 5.30. The number of benzene rings is 1. The number of fused-ring (bicyclic) bond motifs is 1. The number of halogens is 1. The lowest BCUT2D eigenvalue weighted by atomic mass is 9.94. The predicted molar refractivity (Wildman–Crippen MR) is 154 cm³/mol. The van der Waals surface area contributed by atoms with Crippen molar-refractivity contribution in [3.05, 3.63) is 68.5 Å². The Morgan fingerprint density at radius 3 is 2.66 bits per heavy atom. The number of ketones is 1. The highest BCUT2D eigenvalue weighted by Crippen LogP contribution is 2.31. The number of thiophene rings is 1. The molecule has 0 aliphatic carbocycles. The summed E-state index contributed by atoms with van der Waals surface area (Å²) in [5.74, 6) is 0.655. The summed E-state index contributed by atoms with van der Waals surface area (Å²) in [7, 11) is 0. The first kappa shape index (κ1) is 27.8. The highest BCUT2D eigenvalue weighted by atomic mass is 35.5. The molecule has 12 heteroatoms. The fourth-order valence-corrected chi connectivity index (χ4v) is 6.50. The quantitative estimate of drug-likeness (QED) is 0.247. The largest absolute Gasteiger partial charge is 0.478 e. The summed E-state index contributed by atoms with van der Waals surface area (Å²) >= 11 is 7.60. The topological polar surface area (TPSA) is 120 Å². The van der Waals surface area contributed by atoms with E-state index in [0.717, 1.165) is 66.4 Å². The molecule has 10 nitrogen and oxygen atoms in total. The predicted octanol–water partition coefficient (Wildman–Crippen LogP) is 5.19. The molecule has 5 heterocycles. The minimum Gasteiger partial charge on any atom is -0.478 e. The van der Waals surface area contributed by atoms with Gasteiger partial charge in [0.2, 0.25) is 5.88 Å². The third-order valence-electron chi connectivity index (χ3n) is 7.71. The van der Waals surface area contributed by atoms with Gasteiger partial charge in [-0.05, 0) is 63.5 Å². The number of carbonyl (C=O) groups excluding carboxylic acids is 1. The first-order chi connectivity index (χ1) is 19.8. The van der Waals surface area contributed by atoms with Gasteiger partial charge in [0.05, 0.1) is 62.5 Å². The monoisotopic (exact) mass is 595 g/mol. The van der Waals surface area contributed by atoms with Crippen LogP contribution in [0.15, 0.2) is 36.7 Å². The van der Waals surface area contributed by atoms with Crippen LogP contribution in [-0.4, -0.2) is 67.1 Å². The lowest BCUT2D eigenvalue weighted by molar-refractivity contribution is -0.0592. The molecule has 0 bridgehead atoms. The molecule has 2 aliphatic rings. The van der Waals surface area contributed by atoms with E-state index in [-0.39, 0.29) is 30.0 Å². The van der Waals surface area contributed by atoms with E-state index >= 15 is 0 Å². The van der Waals surface area contributed by atoms with Crippen molar-refractivity contribution in [3.8, 4) is 5.88 Å². The summed E-state index contributed by atoms with van der Waals surface area (Å²) in [4.78, 5) is 40.9. The Hall–Kier alpha value is -3.38. The lowest BCUT2D eigenvalue weighted by Crippen LogP contribution is -2.35. The molecule has 214 valence electrons. The van der Waals surface area contributed by atoms with Crippen molar-refractivity contribution >= 4 is 45.7 Å². The molecule has 0 saturated carbocycles. The molecule has 6 rings (SSSR count). The standard InChI is InChI=1S/C29H30ClN5O5S/c1-17(36)25-11-21(30)26(41-25)16-40-28-13-31-12-23(33-28)18-4-7-34(8-5-18)15-27-32-22-3-2-19(29(37)38)10-24(22)35(27)14-20-6-9-39-20/h2-3,10-13,18,20H,4-9,14-16H2,1H3,(H,37,38)/t20-/m0/s1. The van der Waals surface area contributed by atoms with Crippen LogP contribution in [0.1, 0.15) is 68.5 Å². The van der Waals surface area contributed by atoms with Gasteiger partial charge >= 0.3 is 5.97 Å². The highest BCUT2D eigenvalue weighted by molar-refractivity contribution is 7.14. The van der Waals surface area contributed by atoms with Crippen molar-refractivity contribution in [2.75, 3.05) is 19.7 Å². The molecule has 1 N–H and O–H groups in total. The van der Waals surface area contributed by atoms with Crippen LogP contribution in [0.5, 0.6) is 5.88 Å². The molecule has 0 radical (unpaired) electrons. The maximum Gasteiger partial charge on any atom is 0.335 e. The van der Waals surface area contributed by atoms with E-state index in [2.05, 4.69) is 14.5 Å². The number of nitrogens with zero attached hydrogens (tertiary/aromatic N) is 5. The zero-order valence-electron chi connectivity index (χ0n) is 22.6. The number of piperidine rings is 1. The van der Waals surface area contributed by atoms with E-state index < -0.39 is 5.97 Å². The van der Waals surface area contributed by atoms with Gasteiger partial charge in [0.25, 0.3) is 0 Å². The Morgan fingerprint density at radius 2 is 1.98 bits per heavy atom. The van der Waals surface area contributed by atoms with Gasteiger partial charge in [-0.25, -0.2) is 14.8 Å². The minimum atomic E-state index is -0.946. The molecule has 3 aromatic heterocycles. The van der Waals surface area contributed by atoms with Gasteiger partial charge in [0.1, 0.15) is 12.4 Å². The molecule has 0 unspecified atom stereocenters. The molecule has 2 saturated heterocycles. The average Bonchev–Trinajstić information content (AvgIpc) is 3.49. The second kappa shape index (κ2) is 11.8. The van der Waals surface area contributed by atoms with Gasteiger partial charge in [0, 0.05) is 18.7 Å². The van der Waals surface area contributed by atoms with E-state index in [1.165, 1.54) is 18.3 Å². The molecule has 2 fully saturated rings. The number of hydrogen-bond donors (Lipinski definition) is 1. The van der Waals surface area contributed by atoms with Crippen LogP contribution in [-0.2, 0) is 24.4 Å². The number of imidazole rings is 1. The Labute approximate surface area is 245 Å². The first-order valence-electron chi connectivity index (χ1n) is 13.6. The van der Waals surface area contributed by atoms with Crippen molar-refractivity contribution in [2.24, 2.45) is 0 Å². The number of carboxylic acids is 1. The molecule has 0 amide bonds. The number of ether oxygens (including phenoxy) is 2. The number of rotatable bonds is 10. The smallest absolute Gasteiger partial charge is 0.335 e. The van der Waals surface area contributed by atoms with Gasteiger partial charge in [-0.1, -0.05) is 11.6 Å². The zero-order chi connectivity index (χ0) is 28.5. The van der Waals surface area contributed by atoms with Gasteiger partial charge in [-0.2, -0.15) is 0 Å². The summed E-state index contributed by atoms with van der Waals surface area (Å²) in [6.45, 7) is 5.60. The Morgan fingerprint density at radius 1 is 1.17 bits per heavy atom. The third-order valence-corrected chi connectivity index (χ3v) is 9.37. The normalized spacial score (nSPS) is 18.0. The SMILES string of the molecule is CC(=O)c1cc(Cl)c(COc2cncc(C3CCN(Cc4nc5ccc(C(=O)O)cc5n4C[C@@H]4CCO4)CC3)n2)s1. The van der Waals surface area contributed by atoms with Crippen LogP contribution in [0.2, 0.25) is 5.02 Å². The molecule has 2 aliphatic heterocycles. The fraction of sp³-hybridized carbons (Fsp3) is 0.414. The van der Waals surface area contributed by atoms with E-state index in [4.69, 9.17) is 31.0 Å². The van der Waals surface area contributed by atoms with Gasteiger partial charge < -0.3 is 19.1 Å². The van der Waals surface area contributed by atoms with Crippen LogP contribution in [0.3, 0.4) is 0 Å². The number of aromatic carboxylic acids is 1.